The fourth-order valence-corrected chi connectivity index (χ4v) is 3.92. The van der Waals surface area contributed by atoms with Gasteiger partial charge in [0.15, 0.2) is 0 Å². The summed E-state index contributed by atoms with van der Waals surface area (Å²) in [5.41, 5.74) is 3.39. The highest BCUT2D eigenvalue weighted by atomic mass is 16.5. The van der Waals surface area contributed by atoms with E-state index in [4.69, 9.17) is 9.47 Å². The van der Waals surface area contributed by atoms with Crippen LogP contribution in [0, 0.1) is 13.8 Å². The molecule has 2 fully saturated rings. The number of hydrogen-bond acceptors (Lipinski definition) is 5. The Bertz CT molecular complexity index is 809. The number of pyridine rings is 2. The molecule has 0 unspecified atom stereocenters. The third kappa shape index (κ3) is 3.87. The lowest BCUT2D eigenvalue weighted by Gasteiger charge is -2.32. The number of ether oxygens (including phenoxy) is 2. The molecule has 0 aromatic carbocycles. The Morgan fingerprint density at radius 1 is 1.26 bits per heavy atom. The van der Waals surface area contributed by atoms with E-state index in [1.165, 1.54) is 0 Å². The lowest BCUT2D eigenvalue weighted by Crippen LogP contribution is -2.43. The van der Waals surface area contributed by atoms with Crippen LogP contribution in [0.5, 0.6) is 0 Å². The van der Waals surface area contributed by atoms with Crippen molar-refractivity contribution in [3.63, 3.8) is 0 Å². The van der Waals surface area contributed by atoms with Crippen LogP contribution >= 0.6 is 0 Å². The summed E-state index contributed by atoms with van der Waals surface area (Å²) in [6, 6.07) is 9.68. The van der Waals surface area contributed by atoms with Gasteiger partial charge in [-0.2, -0.15) is 0 Å². The number of amides is 1. The average Bonchev–Trinajstić information content (AvgIpc) is 3.05. The molecular weight excluding hydrogens is 342 g/mol. The van der Waals surface area contributed by atoms with E-state index in [9.17, 15) is 4.79 Å². The van der Waals surface area contributed by atoms with Crippen molar-refractivity contribution in [1.29, 1.82) is 0 Å². The van der Waals surface area contributed by atoms with E-state index < -0.39 is 0 Å². The molecule has 0 N–H and O–H groups in total. The number of aryl methyl sites for hydroxylation is 2. The minimum absolute atomic E-state index is 0.00257. The molecule has 0 aliphatic carbocycles. The summed E-state index contributed by atoms with van der Waals surface area (Å²) < 4.78 is 12.2. The highest BCUT2D eigenvalue weighted by Gasteiger charge is 2.46. The van der Waals surface area contributed by atoms with E-state index in [1.54, 1.807) is 6.20 Å². The Morgan fingerprint density at radius 2 is 2.15 bits per heavy atom. The monoisotopic (exact) mass is 367 g/mol. The number of carbonyl (C=O) groups excluding carboxylic acids is 1. The number of rotatable bonds is 4. The van der Waals surface area contributed by atoms with E-state index in [2.05, 4.69) is 9.97 Å². The van der Waals surface area contributed by atoms with Crippen molar-refractivity contribution in [2.75, 3.05) is 13.2 Å². The molecule has 1 amide bonds. The van der Waals surface area contributed by atoms with E-state index >= 15 is 0 Å². The summed E-state index contributed by atoms with van der Waals surface area (Å²) >= 11 is 0. The maximum Gasteiger partial charge on any atom is 0.255 e. The fourth-order valence-electron chi connectivity index (χ4n) is 3.92. The summed E-state index contributed by atoms with van der Waals surface area (Å²) in [4.78, 5) is 23.7. The number of fused-ring (bicyclic) bond motifs is 1. The van der Waals surface area contributed by atoms with Crippen molar-refractivity contribution in [3.05, 3.63) is 59.2 Å². The number of likely N-dealkylation sites (tertiary alicyclic amines) is 1. The molecule has 4 heterocycles. The molecule has 142 valence electrons. The highest BCUT2D eigenvalue weighted by Crippen LogP contribution is 2.32. The molecular formula is C21H25N3O3. The molecule has 3 atom stereocenters. The predicted octanol–water partition coefficient (Wildman–Crippen LogP) is 2.68. The highest BCUT2D eigenvalue weighted by molar-refractivity contribution is 5.94. The van der Waals surface area contributed by atoms with Gasteiger partial charge < -0.3 is 14.4 Å². The van der Waals surface area contributed by atoms with Crippen LogP contribution in [0.25, 0.3) is 0 Å². The van der Waals surface area contributed by atoms with Gasteiger partial charge in [0, 0.05) is 24.2 Å². The average molecular weight is 367 g/mol. The Hall–Kier alpha value is -2.31. The van der Waals surface area contributed by atoms with Gasteiger partial charge in [-0.1, -0.05) is 6.07 Å². The minimum atomic E-state index is -0.139. The maximum atomic E-state index is 13.0. The van der Waals surface area contributed by atoms with Crippen LogP contribution < -0.4 is 0 Å². The van der Waals surface area contributed by atoms with Gasteiger partial charge >= 0.3 is 0 Å². The van der Waals surface area contributed by atoms with Crippen LogP contribution in [0.15, 0.2) is 36.5 Å². The Morgan fingerprint density at radius 3 is 2.93 bits per heavy atom. The second-order valence-electron chi connectivity index (χ2n) is 7.31. The van der Waals surface area contributed by atoms with E-state index in [0.29, 0.717) is 18.7 Å². The van der Waals surface area contributed by atoms with Crippen molar-refractivity contribution in [3.8, 4) is 0 Å². The number of hydrogen-bond donors (Lipinski definition) is 0. The molecule has 0 bridgehead atoms. The van der Waals surface area contributed by atoms with Gasteiger partial charge in [-0.25, -0.2) is 0 Å². The zero-order chi connectivity index (χ0) is 18.8. The fraction of sp³-hybridized carbons (Fsp3) is 0.476. The molecule has 2 aromatic heterocycles. The van der Waals surface area contributed by atoms with Gasteiger partial charge in [0.2, 0.25) is 0 Å². The van der Waals surface area contributed by atoms with Crippen LogP contribution in [0.2, 0.25) is 0 Å². The molecule has 4 rings (SSSR count). The second kappa shape index (κ2) is 7.74. The van der Waals surface area contributed by atoms with Crippen LogP contribution in [-0.4, -0.2) is 52.2 Å². The molecule has 0 radical (unpaired) electrons. The number of aromatic nitrogens is 2. The Kier molecular flexibility index (Phi) is 5.18. The van der Waals surface area contributed by atoms with E-state index in [1.807, 2.05) is 49.1 Å². The number of nitrogens with zero attached hydrogens (tertiary/aromatic N) is 3. The van der Waals surface area contributed by atoms with Gasteiger partial charge in [-0.05, 0) is 51.0 Å². The quantitative estimate of drug-likeness (QED) is 0.831. The largest absolute Gasteiger partial charge is 0.373 e. The van der Waals surface area contributed by atoms with Gasteiger partial charge in [-0.15, -0.1) is 0 Å². The van der Waals surface area contributed by atoms with Crippen molar-refractivity contribution >= 4 is 5.91 Å². The lowest BCUT2D eigenvalue weighted by molar-refractivity contribution is -0.0814. The Balaban J connectivity index is 1.48. The van der Waals surface area contributed by atoms with Crippen molar-refractivity contribution in [2.45, 2.75) is 51.5 Å². The summed E-state index contributed by atoms with van der Waals surface area (Å²) in [5, 5.41) is 0. The van der Waals surface area contributed by atoms with Gasteiger partial charge in [0.05, 0.1) is 30.5 Å². The normalized spacial score (nSPS) is 24.7. The van der Waals surface area contributed by atoms with E-state index in [0.717, 1.165) is 36.5 Å². The zero-order valence-electron chi connectivity index (χ0n) is 15.8. The molecule has 27 heavy (non-hydrogen) atoms. The van der Waals surface area contributed by atoms with Crippen molar-refractivity contribution < 1.29 is 14.3 Å². The molecule has 0 saturated carbocycles. The predicted molar refractivity (Wildman–Crippen MR) is 100 cm³/mol. The summed E-state index contributed by atoms with van der Waals surface area (Å²) in [5.74, 6) is 0.00257. The van der Waals surface area contributed by atoms with Crippen LogP contribution in [0.3, 0.4) is 0 Å². The molecule has 2 aliphatic heterocycles. The first-order valence-corrected chi connectivity index (χ1v) is 9.51. The smallest absolute Gasteiger partial charge is 0.255 e. The Labute approximate surface area is 159 Å². The topological polar surface area (TPSA) is 64.6 Å². The third-order valence-corrected chi connectivity index (χ3v) is 5.29. The molecule has 2 saturated heterocycles. The first-order valence-electron chi connectivity index (χ1n) is 9.51. The maximum absolute atomic E-state index is 13.0. The van der Waals surface area contributed by atoms with Crippen molar-refractivity contribution in [1.82, 2.24) is 14.9 Å². The summed E-state index contributed by atoms with van der Waals surface area (Å²) in [7, 11) is 0. The minimum Gasteiger partial charge on any atom is -0.373 e. The molecule has 6 heteroatoms. The van der Waals surface area contributed by atoms with Gasteiger partial charge in [-0.3, -0.25) is 14.8 Å². The number of carbonyl (C=O) groups is 1. The molecule has 2 aliphatic rings. The van der Waals surface area contributed by atoms with Gasteiger partial charge in [0.25, 0.3) is 5.91 Å². The standard InChI is InChI=1S/C21H25N3O3/c1-14-8-9-16(11-22-14)21(25)24-12-19(20-18(24)7-4-10-26-20)27-13-17-6-3-5-15(2)23-17/h3,5-6,8-9,11,18-20H,4,7,10,12-13H2,1-2H3/t18-,19-,20+/m1/s1. The summed E-state index contributed by atoms with van der Waals surface area (Å²) in [6.07, 6.45) is 3.34. The first-order chi connectivity index (χ1) is 13.1. The second-order valence-corrected chi connectivity index (χ2v) is 7.31. The van der Waals surface area contributed by atoms with Gasteiger partial charge in [0.1, 0.15) is 12.2 Å². The first kappa shape index (κ1) is 18.1. The van der Waals surface area contributed by atoms with Crippen LogP contribution in [-0.2, 0) is 16.1 Å². The molecule has 0 spiro atoms. The zero-order valence-corrected chi connectivity index (χ0v) is 15.8. The lowest BCUT2D eigenvalue weighted by atomic mass is 10.0. The third-order valence-electron chi connectivity index (χ3n) is 5.29. The molecule has 2 aromatic rings. The SMILES string of the molecule is Cc1ccc(C(=O)N2C[C@@H](OCc3cccc(C)n3)[C@H]3OCCC[C@H]32)cn1. The molecule has 6 nitrogen and oxygen atoms in total. The summed E-state index contributed by atoms with van der Waals surface area (Å²) in [6.45, 7) is 5.56. The van der Waals surface area contributed by atoms with Crippen LogP contribution in [0.1, 0.15) is 40.3 Å². The van der Waals surface area contributed by atoms with Crippen molar-refractivity contribution in [2.24, 2.45) is 0 Å². The van der Waals surface area contributed by atoms with E-state index in [-0.39, 0.29) is 24.2 Å². The van der Waals surface area contributed by atoms with Crippen LogP contribution in [0.4, 0.5) is 0 Å².